The highest BCUT2D eigenvalue weighted by Gasteiger charge is 2.14. The Morgan fingerprint density at radius 3 is 2.76 bits per heavy atom. The maximum atomic E-state index is 12.2. The Hall–Kier alpha value is -1.70. The van der Waals surface area contributed by atoms with Gasteiger partial charge in [-0.2, -0.15) is 0 Å². The molecule has 1 aromatic carbocycles. The first-order valence-electron chi connectivity index (χ1n) is 7.34. The molecule has 25 heavy (non-hydrogen) atoms. The molecule has 0 aliphatic carbocycles. The van der Waals surface area contributed by atoms with Gasteiger partial charge >= 0.3 is 0 Å². The highest BCUT2D eigenvalue weighted by Crippen LogP contribution is 2.26. The summed E-state index contributed by atoms with van der Waals surface area (Å²) in [5.74, 6) is 0.947. The van der Waals surface area contributed by atoms with Gasteiger partial charge in [0.1, 0.15) is 5.76 Å². The number of carbonyl (C=O) groups excluding carboxylic acids is 2. The normalized spacial score (nSPS) is 10.6. The molecule has 0 fully saturated rings. The third kappa shape index (κ3) is 5.95. The number of aromatic nitrogens is 1. The van der Waals surface area contributed by atoms with E-state index in [1.807, 2.05) is 6.07 Å². The Labute approximate surface area is 159 Å². The number of halogens is 2. The Kier molecular flexibility index (Phi) is 7.16. The number of benzene rings is 1. The number of aryl methyl sites for hydroxylation is 1. The van der Waals surface area contributed by atoms with Crippen LogP contribution in [0.3, 0.4) is 0 Å². The van der Waals surface area contributed by atoms with Crippen molar-refractivity contribution in [1.82, 2.24) is 10.1 Å². The molecule has 1 aromatic heterocycles. The van der Waals surface area contributed by atoms with E-state index in [2.05, 4.69) is 10.5 Å². The largest absolute Gasteiger partial charge is 0.360 e. The summed E-state index contributed by atoms with van der Waals surface area (Å²) in [7, 11) is 1.68. The molecule has 2 amide bonds. The zero-order valence-electron chi connectivity index (χ0n) is 13.7. The fourth-order valence-electron chi connectivity index (χ4n) is 1.96. The molecule has 0 aliphatic heterocycles. The van der Waals surface area contributed by atoms with Crippen molar-refractivity contribution in [2.75, 3.05) is 23.9 Å². The van der Waals surface area contributed by atoms with Gasteiger partial charge in [0.05, 0.1) is 21.6 Å². The number of hydrogen-bond donors (Lipinski definition) is 1. The van der Waals surface area contributed by atoms with Crippen LogP contribution in [0.15, 0.2) is 28.8 Å². The number of hydrogen-bond acceptors (Lipinski definition) is 5. The van der Waals surface area contributed by atoms with Crippen molar-refractivity contribution in [3.8, 4) is 0 Å². The smallest absolute Gasteiger partial charge is 0.235 e. The summed E-state index contributed by atoms with van der Waals surface area (Å²) < 4.78 is 4.86. The second kappa shape index (κ2) is 9.12. The minimum absolute atomic E-state index is 0.105. The summed E-state index contributed by atoms with van der Waals surface area (Å²) in [4.78, 5) is 25.5. The average Bonchev–Trinajstić information content (AvgIpc) is 2.96. The molecule has 6 nitrogen and oxygen atoms in total. The Bertz CT molecular complexity index is 767. The van der Waals surface area contributed by atoms with Crippen molar-refractivity contribution in [3.63, 3.8) is 0 Å². The van der Waals surface area contributed by atoms with Gasteiger partial charge in [-0.3, -0.25) is 9.59 Å². The van der Waals surface area contributed by atoms with E-state index in [4.69, 9.17) is 27.7 Å². The molecule has 0 saturated heterocycles. The summed E-state index contributed by atoms with van der Waals surface area (Å²) in [5, 5.41) is 7.17. The van der Waals surface area contributed by atoms with E-state index in [-0.39, 0.29) is 23.3 Å². The van der Waals surface area contributed by atoms with E-state index in [1.165, 1.54) is 11.8 Å². The second-order valence-corrected chi connectivity index (χ2v) is 7.10. The lowest BCUT2D eigenvalue weighted by atomic mass is 10.2. The van der Waals surface area contributed by atoms with E-state index in [0.29, 0.717) is 28.2 Å². The molecular formula is C16H17Cl2N3O3S. The summed E-state index contributed by atoms with van der Waals surface area (Å²) in [6, 6.07) is 6.92. The van der Waals surface area contributed by atoms with Gasteiger partial charge in [0.2, 0.25) is 11.8 Å². The predicted molar refractivity (Wildman–Crippen MR) is 100 cm³/mol. The molecule has 0 radical (unpaired) electrons. The van der Waals surface area contributed by atoms with Crippen molar-refractivity contribution in [3.05, 3.63) is 45.6 Å². The molecule has 2 rings (SSSR count). The summed E-state index contributed by atoms with van der Waals surface area (Å²) in [5.41, 5.74) is 0.772. The molecule has 9 heteroatoms. The van der Waals surface area contributed by atoms with Crippen LogP contribution in [-0.4, -0.2) is 40.4 Å². The average molecular weight is 402 g/mol. The van der Waals surface area contributed by atoms with Crippen molar-refractivity contribution in [2.24, 2.45) is 0 Å². The van der Waals surface area contributed by atoms with Gasteiger partial charge in [-0.05, 0) is 18.6 Å². The molecule has 134 valence electrons. The standard InChI is InChI=1S/C16H17Cl2N3O3S/c1-10-6-13(20-24-10)19-14(22)8-25-9-15(23)21(2)7-11-4-3-5-12(17)16(11)18/h3-6H,7-9H2,1-2H3,(H,19,20,22). The first-order valence-corrected chi connectivity index (χ1v) is 9.25. The van der Waals surface area contributed by atoms with E-state index in [9.17, 15) is 9.59 Å². The van der Waals surface area contributed by atoms with Crippen molar-refractivity contribution in [1.29, 1.82) is 0 Å². The SMILES string of the molecule is Cc1cc(NC(=O)CSCC(=O)N(C)Cc2cccc(Cl)c2Cl)no1. The van der Waals surface area contributed by atoms with Crippen LogP contribution in [0, 0.1) is 6.92 Å². The van der Waals surface area contributed by atoms with E-state index < -0.39 is 0 Å². The summed E-state index contributed by atoms with van der Waals surface area (Å²) >= 11 is 13.3. The zero-order valence-corrected chi connectivity index (χ0v) is 16.0. The van der Waals surface area contributed by atoms with Gasteiger partial charge in [0.15, 0.2) is 5.82 Å². The van der Waals surface area contributed by atoms with E-state index in [0.717, 1.165) is 5.56 Å². The molecule has 0 spiro atoms. The second-order valence-electron chi connectivity index (χ2n) is 5.33. The fraction of sp³-hybridized carbons (Fsp3) is 0.312. The predicted octanol–water partition coefficient (Wildman–Crippen LogP) is 3.62. The zero-order chi connectivity index (χ0) is 18.4. The highest BCUT2D eigenvalue weighted by molar-refractivity contribution is 8.00. The Morgan fingerprint density at radius 2 is 2.08 bits per heavy atom. The Morgan fingerprint density at radius 1 is 1.32 bits per heavy atom. The maximum absolute atomic E-state index is 12.2. The molecule has 1 N–H and O–H groups in total. The minimum Gasteiger partial charge on any atom is -0.360 e. The van der Waals surface area contributed by atoms with Crippen LogP contribution in [0.25, 0.3) is 0 Å². The third-order valence-corrected chi connectivity index (χ3v) is 4.99. The molecule has 0 atom stereocenters. The quantitative estimate of drug-likeness (QED) is 0.766. The number of thioether (sulfide) groups is 1. The topological polar surface area (TPSA) is 75.4 Å². The van der Waals surface area contributed by atoms with Crippen molar-refractivity contribution < 1.29 is 14.1 Å². The number of carbonyl (C=O) groups is 2. The van der Waals surface area contributed by atoms with Crippen LogP contribution in [0.5, 0.6) is 0 Å². The molecule has 0 saturated carbocycles. The first-order chi connectivity index (χ1) is 11.9. The molecule has 0 bridgehead atoms. The van der Waals surface area contributed by atoms with Gasteiger partial charge in [-0.15, -0.1) is 11.8 Å². The minimum atomic E-state index is -0.244. The molecule has 1 heterocycles. The van der Waals surface area contributed by atoms with Crippen LogP contribution in [0.2, 0.25) is 10.0 Å². The number of amides is 2. The lowest BCUT2D eigenvalue weighted by Gasteiger charge is -2.18. The molecule has 0 aliphatic rings. The maximum Gasteiger partial charge on any atom is 0.235 e. The first kappa shape index (κ1) is 19.6. The van der Waals surface area contributed by atoms with Crippen molar-refractivity contribution >= 4 is 52.6 Å². The monoisotopic (exact) mass is 401 g/mol. The molecule has 2 aromatic rings. The van der Waals surface area contributed by atoms with E-state index >= 15 is 0 Å². The van der Waals surface area contributed by atoms with Crippen molar-refractivity contribution in [2.45, 2.75) is 13.5 Å². The van der Waals surface area contributed by atoms with Gasteiger partial charge in [-0.25, -0.2) is 0 Å². The molecule has 0 unspecified atom stereocenters. The molecular weight excluding hydrogens is 385 g/mol. The van der Waals surface area contributed by atoms with Crippen LogP contribution in [-0.2, 0) is 16.1 Å². The summed E-state index contributed by atoms with van der Waals surface area (Å²) in [6.45, 7) is 2.08. The van der Waals surface area contributed by atoms with Gasteiger partial charge in [0.25, 0.3) is 0 Å². The number of rotatable bonds is 7. The van der Waals surface area contributed by atoms with Crippen LogP contribution < -0.4 is 5.32 Å². The van der Waals surface area contributed by atoms with E-state index in [1.54, 1.807) is 37.1 Å². The fourth-order valence-corrected chi connectivity index (χ4v) is 3.09. The third-order valence-electron chi connectivity index (χ3n) is 3.22. The lowest BCUT2D eigenvalue weighted by Crippen LogP contribution is -2.28. The highest BCUT2D eigenvalue weighted by atomic mass is 35.5. The Balaban J connectivity index is 1.75. The van der Waals surface area contributed by atoms with Crippen LogP contribution >= 0.6 is 35.0 Å². The summed E-state index contributed by atoms with van der Waals surface area (Å²) in [6.07, 6.45) is 0. The van der Waals surface area contributed by atoms with Crippen LogP contribution in [0.1, 0.15) is 11.3 Å². The lowest BCUT2D eigenvalue weighted by molar-refractivity contribution is -0.127. The number of anilines is 1. The number of nitrogens with one attached hydrogen (secondary N) is 1. The van der Waals surface area contributed by atoms with Crippen LogP contribution in [0.4, 0.5) is 5.82 Å². The van der Waals surface area contributed by atoms with Gasteiger partial charge in [0, 0.05) is 19.7 Å². The number of nitrogens with zero attached hydrogens (tertiary/aromatic N) is 2. The van der Waals surface area contributed by atoms with Gasteiger partial charge in [-0.1, -0.05) is 40.5 Å². The van der Waals surface area contributed by atoms with Gasteiger partial charge < -0.3 is 14.7 Å².